The van der Waals surface area contributed by atoms with Gasteiger partial charge in [-0.2, -0.15) is 5.26 Å². The lowest BCUT2D eigenvalue weighted by molar-refractivity contribution is -0.384. The molecule has 0 aromatic heterocycles. The summed E-state index contributed by atoms with van der Waals surface area (Å²) in [7, 11) is 0. The third kappa shape index (κ3) is 3.07. The van der Waals surface area contributed by atoms with E-state index in [9.17, 15) is 10.1 Å². The molecule has 0 saturated carbocycles. The maximum atomic E-state index is 10.7. The number of hydrogen-bond acceptors (Lipinski definition) is 4. The highest BCUT2D eigenvalue weighted by Gasteiger charge is 2.13. The fraction of sp³-hybridized carbons (Fsp3) is 0. The predicted molar refractivity (Wildman–Crippen MR) is 77.0 cm³/mol. The van der Waals surface area contributed by atoms with Crippen molar-refractivity contribution in [1.82, 2.24) is 0 Å². The van der Waals surface area contributed by atoms with Gasteiger partial charge in [0.25, 0.3) is 5.69 Å². The Morgan fingerprint density at radius 2 is 2.00 bits per heavy atom. The first-order valence-electron chi connectivity index (χ1n) is 5.32. The maximum Gasteiger partial charge on any atom is 0.273 e. The molecule has 0 amide bonds. The van der Waals surface area contributed by atoms with E-state index in [1.807, 2.05) is 6.07 Å². The van der Waals surface area contributed by atoms with Crippen molar-refractivity contribution in [3.63, 3.8) is 0 Å². The van der Waals surface area contributed by atoms with Crippen molar-refractivity contribution in [2.24, 2.45) is 0 Å². The van der Waals surface area contributed by atoms with E-state index in [0.29, 0.717) is 10.0 Å². The molecule has 2 aromatic rings. The number of nitro benzene ring substituents is 1. The molecule has 0 N–H and O–H groups in total. The molecule has 0 aliphatic heterocycles. The highest BCUT2D eigenvalue weighted by Crippen LogP contribution is 2.35. The molecule has 0 aliphatic carbocycles. The standard InChI is InChI=1S/C13H6BrClN2O3/c14-9-2-1-8(7-16)12(5-9)20-13-6-10(17(18)19)3-4-11(13)15/h1-6H. The summed E-state index contributed by atoms with van der Waals surface area (Å²) in [5.41, 5.74) is 0.161. The second kappa shape index (κ2) is 5.90. The zero-order chi connectivity index (χ0) is 14.7. The fourth-order valence-corrected chi connectivity index (χ4v) is 1.97. The van der Waals surface area contributed by atoms with E-state index >= 15 is 0 Å². The Morgan fingerprint density at radius 1 is 1.25 bits per heavy atom. The Morgan fingerprint density at radius 3 is 2.65 bits per heavy atom. The molecule has 0 saturated heterocycles. The molecule has 0 unspecified atom stereocenters. The molecule has 0 atom stereocenters. The highest BCUT2D eigenvalue weighted by atomic mass is 79.9. The monoisotopic (exact) mass is 352 g/mol. The van der Waals surface area contributed by atoms with Crippen molar-refractivity contribution >= 4 is 33.2 Å². The van der Waals surface area contributed by atoms with Crippen LogP contribution in [0.5, 0.6) is 11.5 Å². The summed E-state index contributed by atoms with van der Waals surface area (Å²) in [4.78, 5) is 10.2. The van der Waals surface area contributed by atoms with Crippen LogP contribution in [0, 0.1) is 21.4 Å². The number of halogens is 2. The maximum absolute atomic E-state index is 10.7. The summed E-state index contributed by atoms with van der Waals surface area (Å²) in [6.45, 7) is 0. The molecule has 100 valence electrons. The predicted octanol–water partition coefficient (Wildman–Crippen LogP) is 4.67. The fourth-order valence-electron chi connectivity index (χ4n) is 1.48. The summed E-state index contributed by atoms with van der Waals surface area (Å²) < 4.78 is 6.23. The number of benzene rings is 2. The minimum atomic E-state index is -0.546. The summed E-state index contributed by atoms with van der Waals surface area (Å²) in [5, 5.41) is 20.0. The zero-order valence-corrected chi connectivity index (χ0v) is 12.2. The molecule has 5 nitrogen and oxygen atoms in total. The van der Waals surface area contributed by atoms with E-state index < -0.39 is 4.92 Å². The third-order valence-electron chi connectivity index (χ3n) is 2.41. The molecule has 7 heteroatoms. The number of nitro groups is 1. The molecular weight excluding hydrogens is 348 g/mol. The van der Waals surface area contributed by atoms with Crippen LogP contribution in [-0.4, -0.2) is 4.92 Å². The Hall–Kier alpha value is -2.10. The van der Waals surface area contributed by atoms with Crippen molar-refractivity contribution < 1.29 is 9.66 Å². The minimum Gasteiger partial charge on any atom is -0.454 e. The molecule has 0 spiro atoms. The van der Waals surface area contributed by atoms with Crippen molar-refractivity contribution in [2.75, 3.05) is 0 Å². The molecule has 0 aliphatic rings. The van der Waals surface area contributed by atoms with Crippen molar-refractivity contribution in [2.45, 2.75) is 0 Å². The normalized spacial score (nSPS) is 9.85. The second-order valence-electron chi connectivity index (χ2n) is 3.73. The Balaban J connectivity index is 2.44. The Kier molecular flexibility index (Phi) is 4.23. The first-order chi connectivity index (χ1) is 9.51. The van der Waals surface area contributed by atoms with Gasteiger partial charge < -0.3 is 4.74 Å². The van der Waals surface area contributed by atoms with Gasteiger partial charge in [0.2, 0.25) is 0 Å². The van der Waals surface area contributed by atoms with E-state index in [4.69, 9.17) is 21.6 Å². The van der Waals surface area contributed by atoms with E-state index in [0.717, 1.165) is 0 Å². The van der Waals surface area contributed by atoms with Gasteiger partial charge in [-0.3, -0.25) is 10.1 Å². The third-order valence-corrected chi connectivity index (χ3v) is 3.22. The van der Waals surface area contributed by atoms with E-state index in [-0.39, 0.29) is 22.2 Å². The van der Waals surface area contributed by atoms with E-state index in [1.165, 1.54) is 18.2 Å². The van der Waals surface area contributed by atoms with Crippen molar-refractivity contribution in [3.8, 4) is 17.6 Å². The first-order valence-corrected chi connectivity index (χ1v) is 6.50. The van der Waals surface area contributed by atoms with Crippen LogP contribution >= 0.6 is 27.5 Å². The van der Waals surface area contributed by atoms with Crippen molar-refractivity contribution in [1.29, 1.82) is 5.26 Å². The largest absolute Gasteiger partial charge is 0.454 e. The van der Waals surface area contributed by atoms with Crippen LogP contribution < -0.4 is 4.74 Å². The molecule has 0 heterocycles. The number of hydrogen-bond donors (Lipinski definition) is 0. The first kappa shape index (κ1) is 14.3. The van der Waals surface area contributed by atoms with Gasteiger partial charge in [-0.05, 0) is 24.3 Å². The number of nitrogens with zero attached hydrogens (tertiary/aromatic N) is 2. The summed E-state index contributed by atoms with van der Waals surface area (Å²) in [5.74, 6) is 0.389. The average Bonchev–Trinajstić information content (AvgIpc) is 2.41. The van der Waals surface area contributed by atoms with Crippen LogP contribution in [0.15, 0.2) is 40.9 Å². The lowest BCUT2D eigenvalue weighted by Crippen LogP contribution is -1.92. The van der Waals surface area contributed by atoms with Crippen molar-refractivity contribution in [3.05, 3.63) is 61.6 Å². The van der Waals surface area contributed by atoms with Gasteiger partial charge >= 0.3 is 0 Å². The smallest absolute Gasteiger partial charge is 0.273 e. The Labute approximate surface area is 127 Å². The van der Waals surface area contributed by atoms with Gasteiger partial charge in [0, 0.05) is 10.5 Å². The quantitative estimate of drug-likeness (QED) is 0.593. The highest BCUT2D eigenvalue weighted by molar-refractivity contribution is 9.10. The van der Waals surface area contributed by atoms with Gasteiger partial charge in [0.1, 0.15) is 11.8 Å². The molecule has 2 rings (SSSR count). The molecule has 0 bridgehead atoms. The summed E-state index contributed by atoms with van der Waals surface area (Å²) in [6, 6.07) is 10.7. The summed E-state index contributed by atoms with van der Waals surface area (Å²) in [6.07, 6.45) is 0. The number of nitriles is 1. The van der Waals surface area contributed by atoms with Gasteiger partial charge in [-0.15, -0.1) is 0 Å². The number of rotatable bonds is 3. The van der Waals surface area contributed by atoms with Gasteiger partial charge in [-0.25, -0.2) is 0 Å². The van der Waals surface area contributed by atoms with E-state index in [2.05, 4.69) is 15.9 Å². The zero-order valence-electron chi connectivity index (χ0n) is 9.84. The summed E-state index contributed by atoms with van der Waals surface area (Å²) >= 11 is 9.21. The molecule has 0 radical (unpaired) electrons. The van der Waals surface area contributed by atoms with Crippen LogP contribution in [0.4, 0.5) is 5.69 Å². The molecule has 20 heavy (non-hydrogen) atoms. The van der Waals surface area contributed by atoms with E-state index in [1.54, 1.807) is 18.2 Å². The lowest BCUT2D eigenvalue weighted by Gasteiger charge is -2.09. The van der Waals surface area contributed by atoms with Crippen LogP contribution in [0.1, 0.15) is 5.56 Å². The minimum absolute atomic E-state index is 0.121. The molecular formula is C13H6BrClN2O3. The van der Waals surface area contributed by atoms with Gasteiger partial charge in [0.15, 0.2) is 5.75 Å². The van der Waals surface area contributed by atoms with Crippen LogP contribution in [0.25, 0.3) is 0 Å². The average molecular weight is 354 g/mol. The lowest BCUT2D eigenvalue weighted by atomic mass is 10.2. The number of ether oxygens (including phenoxy) is 1. The Bertz CT molecular complexity index is 728. The second-order valence-corrected chi connectivity index (χ2v) is 5.05. The van der Waals surface area contributed by atoms with Crippen LogP contribution in [0.2, 0.25) is 5.02 Å². The number of non-ortho nitro benzene ring substituents is 1. The molecule has 0 fully saturated rings. The van der Waals surface area contributed by atoms with Gasteiger partial charge in [-0.1, -0.05) is 27.5 Å². The van der Waals surface area contributed by atoms with Crippen LogP contribution in [-0.2, 0) is 0 Å². The van der Waals surface area contributed by atoms with Crippen LogP contribution in [0.3, 0.4) is 0 Å². The van der Waals surface area contributed by atoms with Gasteiger partial charge in [0.05, 0.1) is 21.6 Å². The molecule has 2 aromatic carbocycles. The topological polar surface area (TPSA) is 76.2 Å². The SMILES string of the molecule is N#Cc1ccc(Br)cc1Oc1cc([N+](=O)[O-])ccc1Cl.